The van der Waals surface area contributed by atoms with Crippen LogP contribution in [0.3, 0.4) is 0 Å². The minimum absolute atomic E-state index is 0.178. The summed E-state index contributed by atoms with van der Waals surface area (Å²) in [5.74, 6) is 0.313. The van der Waals surface area contributed by atoms with Crippen molar-refractivity contribution in [3.8, 4) is 0 Å². The molecule has 0 aromatic carbocycles. The van der Waals surface area contributed by atoms with Crippen molar-refractivity contribution in [3.05, 3.63) is 35.3 Å². The molecule has 0 bridgehead atoms. The summed E-state index contributed by atoms with van der Waals surface area (Å²) in [5, 5.41) is 7.58. The number of carbonyl (C=O) groups is 1. The molecule has 8 heteroatoms. The van der Waals surface area contributed by atoms with Crippen molar-refractivity contribution in [1.29, 1.82) is 0 Å². The Hall–Kier alpha value is -1.99. The van der Waals surface area contributed by atoms with Gasteiger partial charge in [-0.3, -0.25) is 9.89 Å². The fraction of sp³-hybridized carbons (Fsp3) is 0.619. The Labute approximate surface area is 177 Å². The Morgan fingerprint density at radius 3 is 2.83 bits per heavy atom. The second-order valence-electron chi connectivity index (χ2n) is 7.99. The van der Waals surface area contributed by atoms with Crippen molar-refractivity contribution < 1.29 is 9.53 Å². The molecule has 4 aliphatic heterocycles. The van der Waals surface area contributed by atoms with E-state index in [0.717, 1.165) is 49.5 Å². The number of hydrogen-bond donors (Lipinski definition) is 2. The minimum Gasteiger partial charge on any atom is -0.449 e. The van der Waals surface area contributed by atoms with Crippen LogP contribution in [0.1, 0.15) is 32.6 Å². The van der Waals surface area contributed by atoms with Gasteiger partial charge in [-0.1, -0.05) is 24.9 Å². The summed E-state index contributed by atoms with van der Waals surface area (Å²) in [5.41, 5.74) is 2.38. The van der Waals surface area contributed by atoms with E-state index in [2.05, 4.69) is 39.7 Å². The maximum absolute atomic E-state index is 12.2. The highest BCUT2D eigenvalue weighted by atomic mass is 35.5. The zero-order valence-electron chi connectivity index (χ0n) is 16.9. The van der Waals surface area contributed by atoms with E-state index in [4.69, 9.17) is 16.3 Å². The van der Waals surface area contributed by atoms with E-state index in [9.17, 15) is 4.79 Å². The van der Waals surface area contributed by atoms with Gasteiger partial charge >= 0.3 is 6.09 Å². The maximum atomic E-state index is 12.2. The van der Waals surface area contributed by atoms with Gasteiger partial charge in [0.15, 0.2) is 0 Å². The van der Waals surface area contributed by atoms with Crippen LogP contribution in [0.4, 0.5) is 4.79 Å². The molecule has 1 amide bonds. The Morgan fingerprint density at radius 1 is 1.24 bits per heavy atom. The first-order chi connectivity index (χ1) is 14.2. The number of fused-ring (bicyclic) bond motifs is 1. The maximum Gasteiger partial charge on any atom is 0.409 e. The van der Waals surface area contributed by atoms with Crippen LogP contribution in [0.25, 0.3) is 0 Å². The van der Waals surface area contributed by atoms with Crippen LogP contribution in [0.5, 0.6) is 0 Å². The summed E-state index contributed by atoms with van der Waals surface area (Å²) in [4.78, 5) is 21.1. The molecule has 7 nitrogen and oxygen atoms in total. The van der Waals surface area contributed by atoms with E-state index in [1.165, 1.54) is 5.57 Å². The highest BCUT2D eigenvalue weighted by molar-refractivity contribution is 6.29. The highest BCUT2D eigenvalue weighted by Gasteiger charge is 2.36. The third-order valence-corrected chi connectivity index (χ3v) is 6.36. The molecule has 0 radical (unpaired) electrons. The van der Waals surface area contributed by atoms with Crippen LogP contribution < -0.4 is 10.6 Å². The topological polar surface area (TPSA) is 69.2 Å². The molecule has 0 saturated carbocycles. The van der Waals surface area contributed by atoms with E-state index < -0.39 is 0 Å². The molecule has 0 aliphatic carbocycles. The fourth-order valence-corrected chi connectivity index (χ4v) is 4.58. The average molecular weight is 420 g/mol. The Kier molecular flexibility index (Phi) is 6.45. The first-order valence-corrected chi connectivity index (χ1v) is 11.0. The molecule has 3 atom stereocenters. The quantitative estimate of drug-likeness (QED) is 0.670. The number of piperazine rings is 1. The van der Waals surface area contributed by atoms with Crippen LogP contribution in [0.2, 0.25) is 0 Å². The lowest BCUT2D eigenvalue weighted by Crippen LogP contribution is -2.52. The number of nitrogens with one attached hydrogen (secondary N) is 2. The Bertz CT molecular complexity index is 739. The van der Waals surface area contributed by atoms with E-state index in [-0.39, 0.29) is 12.3 Å². The van der Waals surface area contributed by atoms with Crippen molar-refractivity contribution in [2.24, 2.45) is 10.9 Å². The second kappa shape index (κ2) is 9.22. The van der Waals surface area contributed by atoms with Crippen LogP contribution >= 0.6 is 11.6 Å². The predicted octanol–water partition coefficient (Wildman–Crippen LogP) is 2.77. The molecule has 1 fully saturated rings. The number of rotatable bonds is 5. The van der Waals surface area contributed by atoms with Crippen molar-refractivity contribution >= 4 is 23.4 Å². The van der Waals surface area contributed by atoms with Crippen LogP contribution in [-0.2, 0) is 4.74 Å². The molecule has 0 aromatic heterocycles. The van der Waals surface area contributed by atoms with Gasteiger partial charge in [-0.25, -0.2) is 4.79 Å². The normalized spacial score (nSPS) is 29.2. The number of hydrogen-bond acceptors (Lipinski definition) is 6. The van der Waals surface area contributed by atoms with Gasteiger partial charge in [0.2, 0.25) is 0 Å². The predicted molar refractivity (Wildman–Crippen MR) is 115 cm³/mol. The van der Waals surface area contributed by atoms with Crippen molar-refractivity contribution in [3.63, 3.8) is 0 Å². The fourth-order valence-electron chi connectivity index (χ4n) is 4.35. The number of nitrogens with zero attached hydrogens (tertiary/aromatic N) is 3. The van der Waals surface area contributed by atoms with Gasteiger partial charge in [0.05, 0.1) is 6.61 Å². The van der Waals surface area contributed by atoms with E-state index >= 15 is 0 Å². The molecule has 4 heterocycles. The SMILES string of the molecule is CCCCOC(=O)N1CCN(C2C=CN=C(C3=CNC4NC=C(Cl)CC34)C2)CC1. The molecule has 3 unspecified atom stereocenters. The summed E-state index contributed by atoms with van der Waals surface area (Å²) in [6.45, 7) is 5.73. The van der Waals surface area contributed by atoms with Crippen molar-refractivity contribution in [2.75, 3.05) is 32.8 Å². The molecule has 29 heavy (non-hydrogen) atoms. The molecule has 0 aromatic rings. The molecule has 2 N–H and O–H groups in total. The minimum atomic E-state index is -0.178. The zero-order chi connectivity index (χ0) is 20.2. The van der Waals surface area contributed by atoms with Gasteiger partial charge in [0.1, 0.15) is 6.17 Å². The van der Waals surface area contributed by atoms with Gasteiger partial charge in [0.25, 0.3) is 0 Å². The monoisotopic (exact) mass is 419 g/mol. The number of amides is 1. The second-order valence-corrected chi connectivity index (χ2v) is 8.48. The number of aliphatic imine (C=N–C) groups is 1. The van der Waals surface area contributed by atoms with Crippen LogP contribution in [-0.4, -0.2) is 66.6 Å². The first kappa shape index (κ1) is 20.3. The zero-order valence-corrected chi connectivity index (χ0v) is 17.7. The lowest BCUT2D eigenvalue weighted by molar-refractivity contribution is 0.0693. The number of halogens is 1. The number of unbranched alkanes of at least 4 members (excludes halogenated alkanes) is 1. The third-order valence-electron chi connectivity index (χ3n) is 6.09. The molecule has 1 saturated heterocycles. The molecular formula is C21H30ClN5O2. The van der Waals surface area contributed by atoms with E-state index in [1.807, 2.05) is 17.3 Å². The van der Waals surface area contributed by atoms with Crippen molar-refractivity contribution in [2.45, 2.75) is 44.8 Å². The van der Waals surface area contributed by atoms with Gasteiger partial charge in [-0.15, -0.1) is 0 Å². The smallest absolute Gasteiger partial charge is 0.409 e. The summed E-state index contributed by atoms with van der Waals surface area (Å²) in [7, 11) is 0. The Balaban J connectivity index is 1.30. The molecule has 4 aliphatic rings. The van der Waals surface area contributed by atoms with Crippen LogP contribution in [0, 0.1) is 5.92 Å². The summed E-state index contributed by atoms with van der Waals surface area (Å²) in [6.07, 6.45) is 11.8. The molecule has 158 valence electrons. The highest BCUT2D eigenvalue weighted by Crippen LogP contribution is 2.34. The molecule has 4 rings (SSSR count). The lowest BCUT2D eigenvalue weighted by Gasteiger charge is -2.39. The van der Waals surface area contributed by atoms with E-state index in [0.29, 0.717) is 31.7 Å². The number of allylic oxidation sites excluding steroid dienone is 1. The van der Waals surface area contributed by atoms with Gasteiger partial charge < -0.3 is 20.3 Å². The van der Waals surface area contributed by atoms with E-state index in [1.54, 1.807) is 0 Å². The van der Waals surface area contributed by atoms with Gasteiger partial charge in [-0.05, 0) is 24.5 Å². The first-order valence-electron chi connectivity index (χ1n) is 10.6. The third kappa shape index (κ3) is 4.61. The van der Waals surface area contributed by atoms with Crippen LogP contribution in [0.15, 0.2) is 40.3 Å². The van der Waals surface area contributed by atoms with Gasteiger partial charge in [-0.2, -0.15) is 0 Å². The summed E-state index contributed by atoms with van der Waals surface area (Å²) >= 11 is 6.26. The molecule has 0 spiro atoms. The average Bonchev–Trinajstić information content (AvgIpc) is 3.17. The number of carbonyl (C=O) groups excluding carboxylic acids is 1. The standard InChI is InChI=1S/C21H30ClN5O2/c1-2-3-10-29-21(28)27-8-6-26(7-9-27)16-4-5-23-19(12-16)18-14-25-20-17(18)11-15(22)13-24-20/h4-5,13-14,16-17,20,24-25H,2-3,6-12H2,1H3. The summed E-state index contributed by atoms with van der Waals surface area (Å²) < 4.78 is 5.35. The largest absolute Gasteiger partial charge is 0.449 e. The number of ether oxygens (including phenoxy) is 1. The summed E-state index contributed by atoms with van der Waals surface area (Å²) in [6, 6.07) is 0.309. The lowest BCUT2D eigenvalue weighted by atomic mass is 9.87. The molecular weight excluding hydrogens is 390 g/mol. The van der Waals surface area contributed by atoms with Crippen molar-refractivity contribution in [1.82, 2.24) is 20.4 Å². The Morgan fingerprint density at radius 2 is 2.03 bits per heavy atom. The van der Waals surface area contributed by atoms with Gasteiger partial charge in [0, 0.05) is 73.9 Å².